The van der Waals surface area contributed by atoms with Crippen LogP contribution in [0.2, 0.25) is 0 Å². The summed E-state index contributed by atoms with van der Waals surface area (Å²) >= 11 is 0. The summed E-state index contributed by atoms with van der Waals surface area (Å²) in [5.74, 6) is -1.26. The summed E-state index contributed by atoms with van der Waals surface area (Å²) in [5, 5.41) is 2.73. The van der Waals surface area contributed by atoms with Crippen molar-refractivity contribution in [3.05, 3.63) is 65.0 Å². The van der Waals surface area contributed by atoms with Crippen LogP contribution in [0.15, 0.2) is 42.5 Å². The molecule has 0 saturated heterocycles. The fourth-order valence-electron chi connectivity index (χ4n) is 3.49. The van der Waals surface area contributed by atoms with Crippen LogP contribution in [0.3, 0.4) is 0 Å². The minimum Gasteiger partial charge on any atom is -0.355 e. The summed E-state index contributed by atoms with van der Waals surface area (Å²) in [6.45, 7) is 7.32. The lowest BCUT2D eigenvalue weighted by Gasteiger charge is -2.33. The molecule has 0 spiro atoms. The van der Waals surface area contributed by atoms with E-state index in [2.05, 4.69) is 5.32 Å². The molecule has 0 aliphatic rings. The molecule has 0 heterocycles. The lowest BCUT2D eigenvalue weighted by atomic mass is 10.1. The SMILES string of the molecule is CCNC(=O)C(CC)N(Cc1ccc(F)cc1)C(=O)CN(c1ccc(C)c(C)c1)S(C)(=O)=O. The predicted octanol–water partition coefficient (Wildman–Crippen LogP) is 3.15. The van der Waals surface area contributed by atoms with Crippen molar-refractivity contribution in [2.45, 2.75) is 46.7 Å². The standard InChI is InChI=1S/C24H32FN3O4S/c1-6-22(24(30)26-7-2)27(15-19-9-11-20(25)12-10-19)23(29)16-28(33(5,31)32)21-13-8-17(3)18(4)14-21/h8-14,22H,6-7,15-16H2,1-5H3,(H,26,30). The van der Waals surface area contributed by atoms with Crippen molar-refractivity contribution in [2.75, 3.05) is 23.7 Å². The van der Waals surface area contributed by atoms with Gasteiger partial charge in [-0.15, -0.1) is 0 Å². The Morgan fingerprint density at radius 1 is 1.03 bits per heavy atom. The molecule has 0 aliphatic carbocycles. The van der Waals surface area contributed by atoms with Gasteiger partial charge in [0.2, 0.25) is 21.8 Å². The van der Waals surface area contributed by atoms with Gasteiger partial charge in [-0.3, -0.25) is 13.9 Å². The van der Waals surface area contributed by atoms with E-state index in [9.17, 15) is 22.4 Å². The molecule has 2 aromatic carbocycles. The molecule has 0 bridgehead atoms. The first kappa shape index (κ1) is 26.3. The Labute approximate surface area is 195 Å². The summed E-state index contributed by atoms with van der Waals surface area (Å²) in [6, 6.07) is 10.0. The number of aryl methyl sites for hydroxylation is 2. The second-order valence-electron chi connectivity index (χ2n) is 8.00. The number of rotatable bonds is 10. The van der Waals surface area contributed by atoms with Gasteiger partial charge in [0.1, 0.15) is 18.4 Å². The van der Waals surface area contributed by atoms with Gasteiger partial charge in [-0.05, 0) is 68.1 Å². The van der Waals surface area contributed by atoms with Crippen LogP contribution in [0.25, 0.3) is 0 Å². The number of hydrogen-bond acceptors (Lipinski definition) is 4. The predicted molar refractivity (Wildman–Crippen MR) is 128 cm³/mol. The van der Waals surface area contributed by atoms with Gasteiger partial charge in [0.25, 0.3) is 0 Å². The van der Waals surface area contributed by atoms with Crippen LogP contribution in [-0.2, 0) is 26.2 Å². The smallest absolute Gasteiger partial charge is 0.244 e. The third kappa shape index (κ3) is 7.02. The Balaban J connectivity index is 2.44. The fraction of sp³-hybridized carbons (Fsp3) is 0.417. The van der Waals surface area contributed by atoms with Gasteiger partial charge in [-0.25, -0.2) is 12.8 Å². The monoisotopic (exact) mass is 477 g/mol. The Bertz CT molecular complexity index is 1090. The number of anilines is 1. The second-order valence-corrected chi connectivity index (χ2v) is 9.91. The van der Waals surface area contributed by atoms with Crippen LogP contribution < -0.4 is 9.62 Å². The van der Waals surface area contributed by atoms with E-state index in [4.69, 9.17) is 0 Å². The molecule has 33 heavy (non-hydrogen) atoms. The number of halogens is 1. The highest BCUT2D eigenvalue weighted by atomic mass is 32.2. The maximum Gasteiger partial charge on any atom is 0.244 e. The van der Waals surface area contributed by atoms with Gasteiger partial charge < -0.3 is 10.2 Å². The molecular weight excluding hydrogens is 445 g/mol. The molecule has 0 fully saturated rings. The number of nitrogens with zero attached hydrogens (tertiary/aromatic N) is 2. The Morgan fingerprint density at radius 2 is 1.67 bits per heavy atom. The number of benzene rings is 2. The Kier molecular flexibility index (Phi) is 8.99. The molecule has 1 atom stereocenters. The molecule has 180 valence electrons. The first-order chi connectivity index (χ1) is 15.5. The van der Waals surface area contributed by atoms with Crippen molar-refractivity contribution in [2.24, 2.45) is 0 Å². The summed E-state index contributed by atoms with van der Waals surface area (Å²) in [4.78, 5) is 27.5. The number of sulfonamides is 1. The van der Waals surface area contributed by atoms with E-state index < -0.39 is 34.3 Å². The third-order valence-corrected chi connectivity index (χ3v) is 6.60. The second kappa shape index (κ2) is 11.3. The van der Waals surface area contributed by atoms with Crippen molar-refractivity contribution < 1.29 is 22.4 Å². The van der Waals surface area contributed by atoms with E-state index in [1.165, 1.54) is 29.2 Å². The molecule has 0 aromatic heterocycles. The van der Waals surface area contributed by atoms with E-state index in [0.717, 1.165) is 21.7 Å². The highest BCUT2D eigenvalue weighted by Gasteiger charge is 2.31. The van der Waals surface area contributed by atoms with Crippen molar-refractivity contribution in [3.8, 4) is 0 Å². The maximum atomic E-state index is 13.5. The molecular formula is C24H32FN3O4S. The van der Waals surface area contributed by atoms with Crippen LogP contribution in [0.4, 0.5) is 10.1 Å². The molecule has 0 radical (unpaired) electrons. The van der Waals surface area contributed by atoms with Crippen molar-refractivity contribution in [3.63, 3.8) is 0 Å². The first-order valence-corrected chi connectivity index (χ1v) is 12.7. The van der Waals surface area contributed by atoms with Gasteiger partial charge in [0.15, 0.2) is 0 Å². The van der Waals surface area contributed by atoms with Crippen LogP contribution in [0.5, 0.6) is 0 Å². The van der Waals surface area contributed by atoms with Crippen LogP contribution in [0.1, 0.15) is 37.0 Å². The molecule has 0 aliphatic heterocycles. The minimum atomic E-state index is -3.78. The van der Waals surface area contributed by atoms with E-state index in [-0.39, 0.29) is 12.5 Å². The topological polar surface area (TPSA) is 86.8 Å². The Hall–Kier alpha value is -2.94. The third-order valence-electron chi connectivity index (χ3n) is 5.46. The summed E-state index contributed by atoms with van der Waals surface area (Å²) in [5.41, 5.74) is 2.90. The summed E-state index contributed by atoms with van der Waals surface area (Å²) in [6.07, 6.45) is 1.38. The molecule has 1 N–H and O–H groups in total. The van der Waals surface area contributed by atoms with Gasteiger partial charge in [0.05, 0.1) is 11.9 Å². The molecule has 1 unspecified atom stereocenters. The number of carbonyl (C=O) groups excluding carboxylic acids is 2. The highest BCUT2D eigenvalue weighted by molar-refractivity contribution is 7.92. The molecule has 9 heteroatoms. The number of amides is 2. The highest BCUT2D eigenvalue weighted by Crippen LogP contribution is 2.22. The Morgan fingerprint density at radius 3 is 2.18 bits per heavy atom. The van der Waals surface area contributed by atoms with Crippen LogP contribution in [0, 0.1) is 19.7 Å². The largest absolute Gasteiger partial charge is 0.355 e. The molecule has 7 nitrogen and oxygen atoms in total. The van der Waals surface area contributed by atoms with Crippen molar-refractivity contribution in [1.29, 1.82) is 0 Å². The van der Waals surface area contributed by atoms with Crippen LogP contribution >= 0.6 is 0 Å². The zero-order valence-electron chi connectivity index (χ0n) is 19.8. The lowest BCUT2D eigenvalue weighted by Crippen LogP contribution is -2.52. The zero-order chi connectivity index (χ0) is 24.8. The molecule has 0 saturated carbocycles. The fourth-order valence-corrected chi connectivity index (χ4v) is 4.33. The maximum absolute atomic E-state index is 13.5. The molecule has 2 rings (SSSR count). The van der Waals surface area contributed by atoms with E-state index >= 15 is 0 Å². The van der Waals surface area contributed by atoms with Gasteiger partial charge in [-0.2, -0.15) is 0 Å². The molecule has 2 aromatic rings. The minimum absolute atomic E-state index is 0.0410. The molecule has 2 amide bonds. The first-order valence-electron chi connectivity index (χ1n) is 10.8. The average molecular weight is 478 g/mol. The number of nitrogens with one attached hydrogen (secondary N) is 1. The number of carbonyl (C=O) groups is 2. The quantitative estimate of drug-likeness (QED) is 0.570. The van der Waals surface area contributed by atoms with E-state index in [1.807, 2.05) is 13.8 Å². The lowest BCUT2D eigenvalue weighted by molar-refractivity contribution is -0.140. The average Bonchev–Trinajstić information content (AvgIpc) is 2.74. The number of hydrogen-bond donors (Lipinski definition) is 1. The van der Waals surface area contributed by atoms with Crippen LogP contribution in [-0.4, -0.2) is 50.5 Å². The van der Waals surface area contributed by atoms with Gasteiger partial charge >= 0.3 is 0 Å². The summed E-state index contributed by atoms with van der Waals surface area (Å²) in [7, 11) is -3.78. The van der Waals surface area contributed by atoms with E-state index in [0.29, 0.717) is 24.2 Å². The van der Waals surface area contributed by atoms with Crippen molar-refractivity contribution in [1.82, 2.24) is 10.2 Å². The van der Waals surface area contributed by atoms with Gasteiger partial charge in [0, 0.05) is 13.1 Å². The normalized spacial score (nSPS) is 12.2. The van der Waals surface area contributed by atoms with Gasteiger partial charge in [-0.1, -0.05) is 25.1 Å². The number of likely N-dealkylation sites (N-methyl/N-ethyl adjacent to an activating group) is 1. The summed E-state index contributed by atoms with van der Waals surface area (Å²) < 4.78 is 39.6. The van der Waals surface area contributed by atoms with Crippen molar-refractivity contribution >= 4 is 27.5 Å². The zero-order valence-corrected chi connectivity index (χ0v) is 20.6. The van der Waals surface area contributed by atoms with E-state index in [1.54, 1.807) is 32.0 Å².